The molecule has 1 aromatic rings. The number of nitrogens with zero attached hydrogens (tertiary/aromatic N) is 2. The van der Waals surface area contributed by atoms with Gasteiger partial charge in [-0.25, -0.2) is 5.01 Å². The first-order valence-electron chi connectivity index (χ1n) is 7.23. The van der Waals surface area contributed by atoms with Gasteiger partial charge in [0.25, 0.3) is 5.69 Å². The van der Waals surface area contributed by atoms with Crippen LogP contribution in [0.15, 0.2) is 29.2 Å². The molecule has 2 rings (SSSR count). The zero-order chi connectivity index (χ0) is 16.1. The Bertz CT molecular complexity index is 529. The van der Waals surface area contributed by atoms with Crippen LogP contribution in [0.3, 0.4) is 0 Å². The fourth-order valence-electron chi connectivity index (χ4n) is 2.15. The summed E-state index contributed by atoms with van der Waals surface area (Å²) >= 11 is 1.39. The number of carbonyl (C=O) groups is 1. The Morgan fingerprint density at radius 2 is 1.95 bits per heavy atom. The van der Waals surface area contributed by atoms with Gasteiger partial charge in [-0.05, 0) is 19.1 Å². The molecule has 7 nitrogen and oxygen atoms in total. The van der Waals surface area contributed by atoms with Crippen LogP contribution in [0.1, 0.15) is 6.92 Å². The predicted octanol–water partition coefficient (Wildman–Crippen LogP) is -0.0631. The van der Waals surface area contributed by atoms with E-state index in [1.165, 1.54) is 28.8 Å². The lowest BCUT2D eigenvalue weighted by molar-refractivity contribution is -0.884. The van der Waals surface area contributed by atoms with E-state index in [0.29, 0.717) is 0 Å². The molecule has 0 spiro atoms. The number of thioether (sulfide) groups is 1. The van der Waals surface area contributed by atoms with E-state index in [-0.39, 0.29) is 16.8 Å². The highest BCUT2D eigenvalue weighted by Gasteiger charge is 2.21. The molecule has 0 unspecified atom stereocenters. The lowest BCUT2D eigenvalue weighted by Gasteiger charge is -2.30. The van der Waals surface area contributed by atoms with Crippen LogP contribution in [0.4, 0.5) is 5.69 Å². The Morgan fingerprint density at radius 1 is 1.36 bits per heavy atom. The van der Waals surface area contributed by atoms with Crippen molar-refractivity contribution in [1.29, 1.82) is 0 Å². The fraction of sp³-hybridized carbons (Fsp3) is 0.500. The van der Waals surface area contributed by atoms with Gasteiger partial charge in [-0.15, -0.1) is 11.8 Å². The summed E-state index contributed by atoms with van der Waals surface area (Å²) in [6, 6.07) is 6.25. The highest BCUT2D eigenvalue weighted by molar-refractivity contribution is 8.00. The Morgan fingerprint density at radius 3 is 2.50 bits per heavy atom. The van der Waals surface area contributed by atoms with Crippen LogP contribution >= 0.6 is 11.8 Å². The van der Waals surface area contributed by atoms with E-state index in [9.17, 15) is 14.9 Å². The molecule has 0 radical (unpaired) electrons. The number of carbonyl (C=O) groups excluding carboxylic acids is 1. The first-order valence-corrected chi connectivity index (χ1v) is 8.11. The molecule has 1 saturated heterocycles. The van der Waals surface area contributed by atoms with Crippen LogP contribution in [-0.2, 0) is 4.79 Å². The van der Waals surface area contributed by atoms with Gasteiger partial charge >= 0.3 is 0 Å². The number of nitro benzene ring substituents is 1. The lowest BCUT2D eigenvalue weighted by atomic mass is 10.3. The second kappa shape index (κ2) is 7.57. The molecule has 0 aromatic heterocycles. The van der Waals surface area contributed by atoms with E-state index in [4.69, 9.17) is 0 Å². The van der Waals surface area contributed by atoms with E-state index in [1.807, 2.05) is 11.9 Å². The van der Waals surface area contributed by atoms with E-state index < -0.39 is 4.92 Å². The summed E-state index contributed by atoms with van der Waals surface area (Å²) in [5, 5.41) is 12.3. The molecule has 1 fully saturated rings. The van der Waals surface area contributed by atoms with Gasteiger partial charge in [-0.1, -0.05) is 0 Å². The molecule has 1 atom stereocenters. The quantitative estimate of drug-likeness (QED) is 0.450. The van der Waals surface area contributed by atoms with Crippen molar-refractivity contribution in [3.63, 3.8) is 0 Å². The van der Waals surface area contributed by atoms with Crippen molar-refractivity contribution in [3.05, 3.63) is 34.4 Å². The summed E-state index contributed by atoms with van der Waals surface area (Å²) in [6.07, 6.45) is 0. The van der Waals surface area contributed by atoms with Gasteiger partial charge in [0.05, 0.1) is 43.4 Å². The van der Waals surface area contributed by atoms with Crippen LogP contribution < -0.4 is 10.3 Å². The van der Waals surface area contributed by atoms with Crippen molar-refractivity contribution in [3.8, 4) is 0 Å². The van der Waals surface area contributed by atoms with Crippen molar-refractivity contribution < 1.29 is 14.6 Å². The Kier molecular flexibility index (Phi) is 5.76. The number of nitrogens with one attached hydrogen (secondary N) is 2. The maximum Gasteiger partial charge on any atom is 0.269 e. The monoisotopic (exact) mass is 325 g/mol. The molecule has 120 valence electrons. The minimum atomic E-state index is -0.431. The molecule has 0 saturated carbocycles. The third-order valence-corrected chi connectivity index (χ3v) is 4.73. The van der Waals surface area contributed by atoms with Gasteiger partial charge in [-0.3, -0.25) is 20.3 Å². The molecule has 0 aliphatic carbocycles. The minimum Gasteiger partial charge on any atom is -0.335 e. The molecule has 0 bridgehead atoms. The number of quaternary nitrogens is 1. The zero-order valence-corrected chi connectivity index (χ0v) is 13.6. The van der Waals surface area contributed by atoms with Crippen molar-refractivity contribution in [1.82, 2.24) is 10.4 Å². The normalized spacial score (nSPS) is 17.9. The Hall–Kier alpha value is -1.64. The zero-order valence-electron chi connectivity index (χ0n) is 12.7. The maximum atomic E-state index is 12.2. The van der Waals surface area contributed by atoms with Gasteiger partial charge in [0.15, 0.2) is 0 Å². The largest absolute Gasteiger partial charge is 0.335 e. The van der Waals surface area contributed by atoms with Crippen molar-refractivity contribution in [2.45, 2.75) is 17.1 Å². The average Bonchev–Trinajstić information content (AvgIpc) is 2.50. The molecule has 8 heteroatoms. The first kappa shape index (κ1) is 16.7. The molecule has 1 aromatic carbocycles. The number of piperazine rings is 1. The molecule has 1 heterocycles. The van der Waals surface area contributed by atoms with Crippen LogP contribution in [0.25, 0.3) is 0 Å². The number of hydrogen-bond donors (Lipinski definition) is 2. The van der Waals surface area contributed by atoms with E-state index >= 15 is 0 Å². The summed E-state index contributed by atoms with van der Waals surface area (Å²) in [7, 11) is 2.15. The number of likely N-dealkylation sites (N-methyl/N-ethyl adjacent to an activating group) is 1. The molecular formula is C14H21N4O3S+. The average molecular weight is 325 g/mol. The number of non-ortho nitro benzene ring substituents is 1. The second-order valence-corrected chi connectivity index (χ2v) is 6.85. The lowest BCUT2D eigenvalue weighted by Crippen LogP contribution is -3.12. The smallest absolute Gasteiger partial charge is 0.269 e. The molecule has 1 amide bonds. The third kappa shape index (κ3) is 4.69. The predicted molar refractivity (Wildman–Crippen MR) is 84.8 cm³/mol. The van der Waals surface area contributed by atoms with Crippen molar-refractivity contribution in [2.24, 2.45) is 0 Å². The van der Waals surface area contributed by atoms with E-state index in [0.717, 1.165) is 31.1 Å². The van der Waals surface area contributed by atoms with Gasteiger partial charge < -0.3 is 4.90 Å². The third-order valence-electron chi connectivity index (χ3n) is 3.61. The highest BCUT2D eigenvalue weighted by atomic mass is 32.2. The number of amides is 1. The first-order chi connectivity index (χ1) is 10.5. The Balaban J connectivity index is 1.84. The summed E-state index contributed by atoms with van der Waals surface area (Å²) in [4.78, 5) is 24.7. The molecule has 1 aliphatic rings. The van der Waals surface area contributed by atoms with Crippen molar-refractivity contribution in [2.75, 3.05) is 33.2 Å². The summed E-state index contributed by atoms with van der Waals surface area (Å²) < 4.78 is 0. The topological polar surface area (TPSA) is 79.9 Å². The SMILES string of the molecule is C[C@@H](Sc1ccc([N+](=O)[O-])cc1)C(=O)NN1CC[NH+](C)CC1. The van der Waals surface area contributed by atoms with Gasteiger partial charge in [0, 0.05) is 17.0 Å². The number of benzene rings is 1. The standard InChI is InChI=1S/C14H20N4O3S/c1-11(14(19)15-17-9-7-16(2)8-10-17)22-13-5-3-12(4-6-13)18(20)21/h3-6,11H,7-10H2,1-2H3,(H,15,19)/p+1/t11-/m1/s1. The van der Waals surface area contributed by atoms with Gasteiger partial charge in [0.1, 0.15) is 0 Å². The van der Waals surface area contributed by atoms with Gasteiger partial charge in [-0.2, -0.15) is 0 Å². The molecule has 1 aliphatic heterocycles. The minimum absolute atomic E-state index is 0.0390. The van der Waals surface area contributed by atoms with Crippen molar-refractivity contribution >= 4 is 23.4 Å². The van der Waals surface area contributed by atoms with Crippen LogP contribution in [-0.4, -0.2) is 54.3 Å². The molecular weight excluding hydrogens is 304 g/mol. The van der Waals surface area contributed by atoms with Crippen LogP contribution in [0.2, 0.25) is 0 Å². The number of rotatable bonds is 5. The van der Waals surface area contributed by atoms with Crippen LogP contribution in [0.5, 0.6) is 0 Å². The van der Waals surface area contributed by atoms with E-state index in [1.54, 1.807) is 12.1 Å². The summed E-state index contributed by atoms with van der Waals surface area (Å²) in [5.41, 5.74) is 3.00. The highest BCUT2D eigenvalue weighted by Crippen LogP contribution is 2.25. The number of hydrazine groups is 1. The summed E-state index contributed by atoms with van der Waals surface area (Å²) in [6.45, 7) is 5.58. The maximum absolute atomic E-state index is 12.2. The Labute approximate surface area is 133 Å². The fourth-order valence-corrected chi connectivity index (χ4v) is 3.01. The second-order valence-electron chi connectivity index (χ2n) is 5.43. The van der Waals surface area contributed by atoms with E-state index in [2.05, 4.69) is 12.5 Å². The molecule has 22 heavy (non-hydrogen) atoms. The molecule has 2 N–H and O–H groups in total. The summed E-state index contributed by atoms with van der Waals surface area (Å²) in [5.74, 6) is -0.0390. The van der Waals surface area contributed by atoms with Gasteiger partial charge in [0.2, 0.25) is 5.91 Å². The number of nitro groups is 1. The van der Waals surface area contributed by atoms with Crippen LogP contribution in [0, 0.1) is 10.1 Å². The number of hydrogen-bond acceptors (Lipinski definition) is 5.